The topological polar surface area (TPSA) is 91.4 Å². The number of hydrogen-bond donors (Lipinski definition) is 2. The van der Waals surface area contributed by atoms with Crippen LogP contribution >= 0.6 is 11.8 Å². The zero-order valence-electron chi connectivity index (χ0n) is 10.7. The Bertz CT molecular complexity index is 831. The highest BCUT2D eigenvalue weighted by Gasteiger charge is 2.10. The first-order chi connectivity index (χ1) is 9.65. The van der Waals surface area contributed by atoms with Crippen LogP contribution in [-0.4, -0.2) is 15.0 Å². The number of nitrogens with two attached hydrogens (primary N) is 1. The number of anilines is 1. The fraction of sp³-hybridized carbons (Fsp3) is 0.0714. The number of hydrogen-bond acceptors (Lipinski definition) is 5. The second-order valence-electron chi connectivity index (χ2n) is 4.34. The number of nitrogens with zero attached hydrogens (tertiary/aromatic N) is 3. The Morgan fingerprint density at radius 1 is 1.25 bits per heavy atom. The number of nitrogens with one attached hydrogen (secondary N) is 1. The van der Waals surface area contributed by atoms with E-state index in [9.17, 15) is 0 Å². The average Bonchev–Trinajstić information content (AvgIpc) is 2.80. The number of fused-ring (bicyclic) bond motifs is 1. The molecule has 0 saturated carbocycles. The first-order valence-electron chi connectivity index (χ1n) is 5.96. The van der Waals surface area contributed by atoms with Crippen LogP contribution in [0.4, 0.5) is 5.69 Å². The van der Waals surface area contributed by atoms with Crippen LogP contribution in [0.15, 0.2) is 40.5 Å². The number of benzene rings is 1. The van der Waals surface area contributed by atoms with Gasteiger partial charge in [-0.2, -0.15) is 5.26 Å². The monoisotopic (exact) mass is 281 g/mol. The maximum Gasteiger partial charge on any atom is 0.172 e. The van der Waals surface area contributed by atoms with Gasteiger partial charge < -0.3 is 10.7 Å². The molecule has 0 amide bonds. The first-order valence-corrected chi connectivity index (χ1v) is 6.78. The summed E-state index contributed by atoms with van der Waals surface area (Å²) >= 11 is 1.34. The maximum atomic E-state index is 9.11. The molecule has 0 bridgehead atoms. The van der Waals surface area contributed by atoms with Crippen LogP contribution in [-0.2, 0) is 0 Å². The van der Waals surface area contributed by atoms with Crippen molar-refractivity contribution < 1.29 is 0 Å². The Morgan fingerprint density at radius 3 is 2.90 bits per heavy atom. The van der Waals surface area contributed by atoms with Gasteiger partial charge in [-0.1, -0.05) is 0 Å². The zero-order chi connectivity index (χ0) is 14.1. The van der Waals surface area contributed by atoms with Gasteiger partial charge in [0.1, 0.15) is 11.1 Å². The quantitative estimate of drug-likeness (QED) is 0.705. The van der Waals surface area contributed by atoms with Gasteiger partial charge in [-0.05, 0) is 49.0 Å². The van der Waals surface area contributed by atoms with E-state index in [0.29, 0.717) is 21.4 Å². The molecule has 0 radical (unpaired) electrons. The van der Waals surface area contributed by atoms with Crippen molar-refractivity contribution in [3.05, 3.63) is 41.6 Å². The van der Waals surface area contributed by atoms with Gasteiger partial charge in [0.15, 0.2) is 5.16 Å². The molecule has 2 heterocycles. The Kier molecular flexibility index (Phi) is 3.05. The van der Waals surface area contributed by atoms with E-state index in [2.05, 4.69) is 21.0 Å². The van der Waals surface area contributed by atoms with Crippen molar-refractivity contribution in [3.8, 4) is 6.07 Å². The second-order valence-corrected chi connectivity index (χ2v) is 5.32. The van der Waals surface area contributed by atoms with Gasteiger partial charge in [0, 0.05) is 11.4 Å². The van der Waals surface area contributed by atoms with Crippen molar-refractivity contribution in [2.45, 2.75) is 17.1 Å². The number of aryl methyl sites for hydroxylation is 1. The van der Waals surface area contributed by atoms with Crippen molar-refractivity contribution in [1.82, 2.24) is 15.0 Å². The molecule has 3 N–H and O–H groups in total. The lowest BCUT2D eigenvalue weighted by Gasteiger charge is -2.01. The van der Waals surface area contributed by atoms with E-state index in [0.717, 1.165) is 16.7 Å². The standard InChI is InChI=1S/C14H11N5S/c1-8-2-3-9(7-15)13(17-8)20-14-18-11-5-4-10(16)6-12(11)19-14/h2-6H,16H2,1H3,(H,18,19). The highest BCUT2D eigenvalue weighted by molar-refractivity contribution is 7.99. The van der Waals surface area contributed by atoms with Gasteiger partial charge in [-0.3, -0.25) is 0 Å². The molecule has 0 saturated heterocycles. The van der Waals surface area contributed by atoms with E-state index in [1.54, 1.807) is 6.07 Å². The van der Waals surface area contributed by atoms with Crippen molar-refractivity contribution in [2.75, 3.05) is 5.73 Å². The molecular formula is C14H11N5S. The Balaban J connectivity index is 2.01. The van der Waals surface area contributed by atoms with Crippen LogP contribution < -0.4 is 5.73 Å². The minimum absolute atomic E-state index is 0.542. The van der Waals surface area contributed by atoms with Crippen LogP contribution in [0.3, 0.4) is 0 Å². The number of imidazole rings is 1. The molecule has 3 aromatic rings. The lowest BCUT2D eigenvalue weighted by Crippen LogP contribution is -1.90. The van der Waals surface area contributed by atoms with Gasteiger partial charge in [0.05, 0.1) is 16.6 Å². The maximum absolute atomic E-state index is 9.11. The molecule has 98 valence electrons. The average molecular weight is 281 g/mol. The smallest absolute Gasteiger partial charge is 0.172 e. The Hall–Kier alpha value is -2.52. The summed E-state index contributed by atoms with van der Waals surface area (Å²) in [4.78, 5) is 12.0. The third-order valence-electron chi connectivity index (χ3n) is 2.80. The number of rotatable bonds is 2. The molecule has 0 aliphatic rings. The van der Waals surface area contributed by atoms with E-state index < -0.39 is 0 Å². The summed E-state index contributed by atoms with van der Waals surface area (Å²) in [6.45, 7) is 1.89. The van der Waals surface area contributed by atoms with E-state index in [-0.39, 0.29) is 0 Å². The molecule has 0 aliphatic heterocycles. The summed E-state index contributed by atoms with van der Waals surface area (Å²) in [7, 11) is 0. The number of pyridine rings is 1. The predicted molar refractivity (Wildman–Crippen MR) is 78.3 cm³/mol. The highest BCUT2D eigenvalue weighted by atomic mass is 32.2. The molecule has 2 aromatic heterocycles. The normalized spacial score (nSPS) is 10.6. The molecule has 6 heteroatoms. The predicted octanol–water partition coefficient (Wildman–Crippen LogP) is 2.87. The summed E-state index contributed by atoms with van der Waals surface area (Å²) in [5, 5.41) is 10.5. The summed E-state index contributed by atoms with van der Waals surface area (Å²) in [6, 6.07) is 11.2. The molecule has 0 spiro atoms. The zero-order valence-corrected chi connectivity index (χ0v) is 11.5. The molecule has 5 nitrogen and oxygen atoms in total. The minimum Gasteiger partial charge on any atom is -0.399 e. The SMILES string of the molecule is Cc1ccc(C#N)c(Sc2nc3ccc(N)cc3[nH]2)n1. The molecule has 0 unspecified atom stereocenters. The molecule has 20 heavy (non-hydrogen) atoms. The van der Waals surface area contributed by atoms with Crippen LogP contribution in [0.25, 0.3) is 11.0 Å². The fourth-order valence-electron chi connectivity index (χ4n) is 1.84. The van der Waals surface area contributed by atoms with Crippen LogP contribution in [0, 0.1) is 18.3 Å². The summed E-state index contributed by atoms with van der Waals surface area (Å²) in [6.07, 6.45) is 0. The molecule has 1 aromatic carbocycles. The fourth-order valence-corrected chi connectivity index (χ4v) is 2.74. The summed E-state index contributed by atoms with van der Waals surface area (Å²) < 4.78 is 0. The van der Waals surface area contributed by atoms with Gasteiger partial charge >= 0.3 is 0 Å². The Labute approximate surface area is 119 Å². The van der Waals surface area contributed by atoms with Gasteiger partial charge in [-0.15, -0.1) is 0 Å². The van der Waals surface area contributed by atoms with Crippen LogP contribution in [0.5, 0.6) is 0 Å². The largest absolute Gasteiger partial charge is 0.399 e. The van der Waals surface area contributed by atoms with Crippen LogP contribution in [0.2, 0.25) is 0 Å². The number of nitriles is 1. The van der Waals surface area contributed by atoms with Gasteiger partial charge in [-0.25, -0.2) is 9.97 Å². The summed E-state index contributed by atoms with van der Waals surface area (Å²) in [5.74, 6) is 0. The van der Waals surface area contributed by atoms with E-state index in [1.165, 1.54) is 11.8 Å². The van der Waals surface area contributed by atoms with E-state index in [4.69, 9.17) is 11.0 Å². The van der Waals surface area contributed by atoms with Crippen LogP contribution in [0.1, 0.15) is 11.3 Å². The molecule has 0 atom stereocenters. The molecule has 0 fully saturated rings. The van der Waals surface area contributed by atoms with Crippen molar-refractivity contribution >= 4 is 28.5 Å². The summed E-state index contributed by atoms with van der Waals surface area (Å²) in [5.41, 5.74) is 9.55. The van der Waals surface area contributed by atoms with Gasteiger partial charge in [0.2, 0.25) is 0 Å². The second kappa shape index (κ2) is 4.87. The van der Waals surface area contributed by atoms with E-state index >= 15 is 0 Å². The number of aromatic nitrogens is 3. The number of nitrogen functional groups attached to an aromatic ring is 1. The molecular weight excluding hydrogens is 270 g/mol. The third-order valence-corrected chi connectivity index (χ3v) is 3.69. The van der Waals surface area contributed by atoms with Crippen molar-refractivity contribution in [1.29, 1.82) is 5.26 Å². The molecule has 3 rings (SSSR count). The minimum atomic E-state index is 0.542. The lowest BCUT2D eigenvalue weighted by molar-refractivity contribution is 1.02. The van der Waals surface area contributed by atoms with E-state index in [1.807, 2.05) is 31.2 Å². The van der Waals surface area contributed by atoms with Crippen molar-refractivity contribution in [3.63, 3.8) is 0 Å². The number of H-pyrrole nitrogens is 1. The third kappa shape index (κ3) is 2.31. The number of aromatic amines is 1. The first kappa shape index (κ1) is 12.5. The van der Waals surface area contributed by atoms with Gasteiger partial charge in [0.25, 0.3) is 0 Å². The Morgan fingerprint density at radius 2 is 2.10 bits per heavy atom. The lowest BCUT2D eigenvalue weighted by atomic mass is 10.3. The molecule has 0 aliphatic carbocycles. The van der Waals surface area contributed by atoms with Crippen molar-refractivity contribution in [2.24, 2.45) is 0 Å². The highest BCUT2D eigenvalue weighted by Crippen LogP contribution is 2.28.